The number of alkyl halides is 1. The van der Waals surface area contributed by atoms with E-state index in [-0.39, 0.29) is 6.10 Å². The highest BCUT2D eigenvalue weighted by Crippen LogP contribution is 2.35. The Hall–Kier alpha value is -0.240. The maximum Gasteiger partial charge on any atom is 0.0865 e. The Kier molecular flexibility index (Phi) is 3.32. The lowest BCUT2D eigenvalue weighted by Gasteiger charge is -2.16. The first-order valence-corrected chi connectivity index (χ1v) is 5.65. The fourth-order valence-corrected chi connectivity index (χ4v) is 2.36. The van der Waals surface area contributed by atoms with Gasteiger partial charge in [0, 0.05) is 23.4 Å². The lowest BCUT2D eigenvalue weighted by molar-refractivity contribution is 0.0952. The highest BCUT2D eigenvalue weighted by Gasteiger charge is 2.28. The van der Waals surface area contributed by atoms with Gasteiger partial charge in [0.2, 0.25) is 0 Å². The minimum Gasteiger partial charge on any atom is -0.373 e. The van der Waals surface area contributed by atoms with Crippen LogP contribution in [-0.4, -0.2) is 12.5 Å². The van der Waals surface area contributed by atoms with Gasteiger partial charge in [-0.25, -0.2) is 0 Å². The van der Waals surface area contributed by atoms with Crippen LogP contribution in [0.2, 0.25) is 5.02 Å². The molecule has 1 nitrogen and oxygen atoms in total. The summed E-state index contributed by atoms with van der Waals surface area (Å²) in [7, 11) is 0. The van der Waals surface area contributed by atoms with E-state index in [0.29, 0.717) is 11.8 Å². The normalized spacial score (nSPS) is 26.7. The average Bonchev–Trinajstić information content (AvgIpc) is 2.65. The van der Waals surface area contributed by atoms with Crippen LogP contribution in [0.5, 0.6) is 0 Å². The van der Waals surface area contributed by atoms with Crippen molar-refractivity contribution in [2.24, 2.45) is 5.92 Å². The molecule has 0 spiro atoms. The number of benzene rings is 1. The maximum absolute atomic E-state index is 5.93. The molecule has 0 bridgehead atoms. The summed E-state index contributed by atoms with van der Waals surface area (Å²) >= 11 is 11.8. The van der Waals surface area contributed by atoms with Gasteiger partial charge in [-0.05, 0) is 24.1 Å². The van der Waals surface area contributed by atoms with Crippen LogP contribution < -0.4 is 0 Å². The number of ether oxygens (including phenoxy) is 1. The van der Waals surface area contributed by atoms with Gasteiger partial charge < -0.3 is 4.74 Å². The summed E-state index contributed by atoms with van der Waals surface area (Å²) in [4.78, 5) is 0. The van der Waals surface area contributed by atoms with E-state index in [1.165, 1.54) is 0 Å². The Bertz CT molecular complexity index is 314. The van der Waals surface area contributed by atoms with E-state index in [0.717, 1.165) is 23.6 Å². The predicted molar refractivity (Wildman–Crippen MR) is 59.0 cm³/mol. The SMILES string of the molecule is ClCC1CCOC1c1cccc(Cl)c1. The van der Waals surface area contributed by atoms with Crippen LogP contribution in [0.25, 0.3) is 0 Å². The molecule has 1 heterocycles. The summed E-state index contributed by atoms with van der Waals surface area (Å²) in [5, 5.41) is 0.756. The molecule has 1 aliphatic rings. The molecule has 1 aromatic carbocycles. The largest absolute Gasteiger partial charge is 0.373 e. The first-order chi connectivity index (χ1) is 6.81. The quantitative estimate of drug-likeness (QED) is 0.706. The van der Waals surface area contributed by atoms with Crippen molar-refractivity contribution < 1.29 is 4.74 Å². The Labute approximate surface area is 94.0 Å². The fourth-order valence-electron chi connectivity index (χ4n) is 1.84. The average molecular weight is 231 g/mol. The molecular weight excluding hydrogens is 219 g/mol. The molecule has 0 N–H and O–H groups in total. The third-order valence-electron chi connectivity index (χ3n) is 2.59. The minimum atomic E-state index is 0.131. The first kappa shape index (κ1) is 10.3. The van der Waals surface area contributed by atoms with Gasteiger partial charge in [0.25, 0.3) is 0 Å². The molecule has 1 fully saturated rings. The van der Waals surface area contributed by atoms with Crippen LogP contribution in [0.3, 0.4) is 0 Å². The van der Waals surface area contributed by atoms with E-state index in [1.54, 1.807) is 0 Å². The Morgan fingerprint density at radius 1 is 1.43 bits per heavy atom. The van der Waals surface area contributed by atoms with Crippen LogP contribution in [-0.2, 0) is 4.74 Å². The van der Waals surface area contributed by atoms with E-state index in [4.69, 9.17) is 27.9 Å². The smallest absolute Gasteiger partial charge is 0.0865 e. The van der Waals surface area contributed by atoms with Crippen molar-refractivity contribution in [3.8, 4) is 0 Å². The molecule has 14 heavy (non-hydrogen) atoms. The third-order valence-corrected chi connectivity index (χ3v) is 3.22. The molecule has 0 amide bonds. The summed E-state index contributed by atoms with van der Waals surface area (Å²) in [6.07, 6.45) is 1.17. The lowest BCUT2D eigenvalue weighted by atomic mass is 9.97. The van der Waals surface area contributed by atoms with E-state index in [2.05, 4.69) is 0 Å². The van der Waals surface area contributed by atoms with Gasteiger partial charge in [-0.2, -0.15) is 0 Å². The molecule has 2 unspecified atom stereocenters. The summed E-state index contributed by atoms with van der Waals surface area (Å²) < 4.78 is 5.65. The summed E-state index contributed by atoms with van der Waals surface area (Å²) in [5.41, 5.74) is 1.14. The zero-order valence-electron chi connectivity index (χ0n) is 7.75. The van der Waals surface area contributed by atoms with Crippen molar-refractivity contribution in [3.63, 3.8) is 0 Å². The Balaban J connectivity index is 2.21. The zero-order chi connectivity index (χ0) is 9.97. The van der Waals surface area contributed by atoms with E-state index >= 15 is 0 Å². The second-order valence-electron chi connectivity index (χ2n) is 3.55. The van der Waals surface area contributed by atoms with Gasteiger partial charge in [-0.1, -0.05) is 23.7 Å². The van der Waals surface area contributed by atoms with Crippen molar-refractivity contribution in [3.05, 3.63) is 34.9 Å². The van der Waals surface area contributed by atoms with Crippen LogP contribution in [0.1, 0.15) is 18.1 Å². The molecule has 2 rings (SSSR count). The van der Waals surface area contributed by atoms with Gasteiger partial charge >= 0.3 is 0 Å². The van der Waals surface area contributed by atoms with E-state index in [1.807, 2.05) is 24.3 Å². The molecular formula is C11H12Cl2O. The van der Waals surface area contributed by atoms with Gasteiger partial charge in [0.15, 0.2) is 0 Å². The minimum absolute atomic E-state index is 0.131. The summed E-state index contributed by atoms with van der Waals surface area (Å²) in [5.74, 6) is 1.08. The van der Waals surface area contributed by atoms with Crippen molar-refractivity contribution in [2.75, 3.05) is 12.5 Å². The number of hydrogen-bond donors (Lipinski definition) is 0. The summed E-state index contributed by atoms with van der Waals surface area (Å²) in [6, 6.07) is 7.82. The van der Waals surface area contributed by atoms with Gasteiger partial charge in [-0.3, -0.25) is 0 Å². The van der Waals surface area contributed by atoms with Crippen molar-refractivity contribution in [1.29, 1.82) is 0 Å². The molecule has 2 atom stereocenters. The van der Waals surface area contributed by atoms with Crippen molar-refractivity contribution in [1.82, 2.24) is 0 Å². The molecule has 0 aliphatic carbocycles. The van der Waals surface area contributed by atoms with Crippen molar-refractivity contribution >= 4 is 23.2 Å². The number of rotatable bonds is 2. The first-order valence-electron chi connectivity index (χ1n) is 4.74. The molecule has 1 aromatic rings. The topological polar surface area (TPSA) is 9.23 Å². The predicted octanol–water partition coefficient (Wildman–Crippen LogP) is 3.66. The van der Waals surface area contributed by atoms with Gasteiger partial charge in [0.05, 0.1) is 6.10 Å². The standard InChI is InChI=1S/C11H12Cl2O/c12-7-9-4-5-14-11(9)8-2-1-3-10(13)6-8/h1-3,6,9,11H,4-5,7H2. The van der Waals surface area contributed by atoms with Gasteiger partial charge in [-0.15, -0.1) is 11.6 Å². The Morgan fingerprint density at radius 3 is 3.00 bits per heavy atom. The lowest BCUT2D eigenvalue weighted by Crippen LogP contribution is -2.08. The summed E-state index contributed by atoms with van der Waals surface area (Å²) in [6.45, 7) is 0.800. The Morgan fingerprint density at radius 2 is 2.29 bits per heavy atom. The molecule has 3 heteroatoms. The van der Waals surface area contributed by atoms with E-state index < -0.39 is 0 Å². The molecule has 1 saturated heterocycles. The molecule has 0 radical (unpaired) electrons. The maximum atomic E-state index is 5.93. The molecule has 0 saturated carbocycles. The highest BCUT2D eigenvalue weighted by atomic mass is 35.5. The van der Waals surface area contributed by atoms with Crippen molar-refractivity contribution in [2.45, 2.75) is 12.5 Å². The van der Waals surface area contributed by atoms with E-state index in [9.17, 15) is 0 Å². The number of halogens is 2. The third kappa shape index (κ3) is 2.05. The second kappa shape index (κ2) is 4.52. The fraction of sp³-hybridized carbons (Fsp3) is 0.455. The molecule has 76 valence electrons. The van der Waals surface area contributed by atoms with Crippen LogP contribution in [0.15, 0.2) is 24.3 Å². The van der Waals surface area contributed by atoms with Crippen LogP contribution in [0, 0.1) is 5.92 Å². The van der Waals surface area contributed by atoms with Crippen LogP contribution in [0.4, 0.5) is 0 Å². The zero-order valence-corrected chi connectivity index (χ0v) is 9.26. The highest BCUT2D eigenvalue weighted by molar-refractivity contribution is 6.30. The number of hydrogen-bond acceptors (Lipinski definition) is 1. The van der Waals surface area contributed by atoms with Gasteiger partial charge in [0.1, 0.15) is 0 Å². The monoisotopic (exact) mass is 230 g/mol. The molecule has 1 aliphatic heterocycles. The van der Waals surface area contributed by atoms with Crippen LogP contribution >= 0.6 is 23.2 Å². The molecule has 0 aromatic heterocycles. The second-order valence-corrected chi connectivity index (χ2v) is 4.29.